The van der Waals surface area contributed by atoms with Gasteiger partial charge in [-0.3, -0.25) is 4.79 Å². The van der Waals surface area contributed by atoms with Crippen LogP contribution in [0.15, 0.2) is 66.7 Å². The van der Waals surface area contributed by atoms with E-state index >= 15 is 0 Å². The Kier molecular flexibility index (Phi) is 6.37. The van der Waals surface area contributed by atoms with Crippen LogP contribution in [0.2, 0.25) is 0 Å². The number of carbonyl (C=O) groups is 1. The summed E-state index contributed by atoms with van der Waals surface area (Å²) >= 11 is 0. The first-order chi connectivity index (χ1) is 13.6. The van der Waals surface area contributed by atoms with Crippen molar-refractivity contribution in [3.05, 3.63) is 66.7 Å². The summed E-state index contributed by atoms with van der Waals surface area (Å²) in [6.45, 7) is 4.00. The lowest BCUT2D eigenvalue weighted by Crippen LogP contribution is -2.43. The molecule has 5 nitrogen and oxygen atoms in total. The van der Waals surface area contributed by atoms with E-state index in [-0.39, 0.29) is 11.9 Å². The predicted octanol–water partition coefficient (Wildman–Crippen LogP) is 4.20. The molecule has 0 saturated heterocycles. The van der Waals surface area contributed by atoms with Crippen molar-refractivity contribution in [2.24, 2.45) is 0 Å². The van der Waals surface area contributed by atoms with Crippen molar-refractivity contribution in [1.29, 1.82) is 0 Å². The molecule has 2 atom stereocenters. The van der Waals surface area contributed by atoms with Crippen LogP contribution >= 0.6 is 0 Å². The van der Waals surface area contributed by atoms with Crippen molar-refractivity contribution < 1.29 is 19.0 Å². The third-order valence-electron chi connectivity index (χ3n) is 4.37. The average Bonchev–Trinajstić information content (AvgIpc) is 2.73. The molecule has 3 aromatic rings. The summed E-state index contributed by atoms with van der Waals surface area (Å²) in [5, 5.41) is 4.99. The zero-order chi connectivity index (χ0) is 19.9. The second-order valence-corrected chi connectivity index (χ2v) is 6.63. The summed E-state index contributed by atoms with van der Waals surface area (Å²) < 4.78 is 16.7. The highest BCUT2D eigenvalue weighted by molar-refractivity contribution is 5.89. The maximum atomic E-state index is 12.5. The molecule has 0 aliphatic rings. The molecule has 0 aliphatic carbocycles. The molecule has 3 aromatic carbocycles. The van der Waals surface area contributed by atoms with Crippen LogP contribution in [0.1, 0.15) is 13.8 Å². The van der Waals surface area contributed by atoms with Gasteiger partial charge in [-0.05, 0) is 49.6 Å². The van der Waals surface area contributed by atoms with Gasteiger partial charge in [-0.25, -0.2) is 0 Å². The fraction of sp³-hybridized carbons (Fsp3) is 0.261. The van der Waals surface area contributed by atoms with E-state index in [1.165, 1.54) is 0 Å². The summed E-state index contributed by atoms with van der Waals surface area (Å²) in [5.41, 5.74) is 0. The van der Waals surface area contributed by atoms with Crippen LogP contribution < -0.4 is 19.5 Å². The van der Waals surface area contributed by atoms with Gasteiger partial charge in [0.1, 0.15) is 23.9 Å². The minimum Gasteiger partial charge on any atom is -0.497 e. The number of fused-ring (bicyclic) bond motifs is 1. The van der Waals surface area contributed by atoms with Gasteiger partial charge in [0.15, 0.2) is 6.10 Å². The van der Waals surface area contributed by atoms with E-state index in [1.807, 2.05) is 73.7 Å². The standard InChI is InChI=1S/C23H25NO4/c1-16(15-27-20-13-11-19(26-3)12-14-20)24-23(25)17(2)28-22-10-6-8-18-7-4-5-9-21(18)22/h4-14,16-17H,15H2,1-3H3,(H,24,25)/t16-,17+/m1/s1. The molecule has 0 radical (unpaired) electrons. The fourth-order valence-electron chi connectivity index (χ4n) is 2.84. The average molecular weight is 379 g/mol. The molecule has 0 aliphatic heterocycles. The van der Waals surface area contributed by atoms with Crippen LogP contribution in [0.5, 0.6) is 17.2 Å². The Balaban J connectivity index is 1.52. The minimum atomic E-state index is -0.616. The Morgan fingerprint density at radius 1 is 0.929 bits per heavy atom. The molecule has 0 saturated carbocycles. The van der Waals surface area contributed by atoms with Gasteiger partial charge >= 0.3 is 0 Å². The molecule has 28 heavy (non-hydrogen) atoms. The number of methoxy groups -OCH3 is 1. The molecular formula is C23H25NO4. The van der Waals surface area contributed by atoms with E-state index in [2.05, 4.69) is 5.32 Å². The van der Waals surface area contributed by atoms with Crippen molar-refractivity contribution in [1.82, 2.24) is 5.32 Å². The van der Waals surface area contributed by atoms with Crippen LogP contribution in [-0.4, -0.2) is 31.8 Å². The number of benzene rings is 3. The molecule has 3 rings (SSSR count). The molecule has 0 aromatic heterocycles. The number of rotatable bonds is 8. The lowest BCUT2D eigenvalue weighted by atomic mass is 10.1. The second kappa shape index (κ2) is 9.13. The lowest BCUT2D eigenvalue weighted by Gasteiger charge is -2.20. The smallest absolute Gasteiger partial charge is 0.261 e. The lowest BCUT2D eigenvalue weighted by molar-refractivity contribution is -0.128. The van der Waals surface area contributed by atoms with Gasteiger partial charge in [0.05, 0.1) is 13.2 Å². The van der Waals surface area contributed by atoms with Crippen molar-refractivity contribution >= 4 is 16.7 Å². The van der Waals surface area contributed by atoms with E-state index in [0.717, 1.165) is 22.3 Å². The highest BCUT2D eigenvalue weighted by atomic mass is 16.5. The Labute approximate surface area is 165 Å². The number of nitrogens with one attached hydrogen (secondary N) is 1. The van der Waals surface area contributed by atoms with Gasteiger partial charge in [-0.2, -0.15) is 0 Å². The van der Waals surface area contributed by atoms with Crippen molar-refractivity contribution in [3.63, 3.8) is 0 Å². The van der Waals surface area contributed by atoms with Gasteiger partial charge in [0, 0.05) is 5.39 Å². The molecule has 0 bridgehead atoms. The Bertz CT molecular complexity index is 918. The van der Waals surface area contributed by atoms with E-state index < -0.39 is 6.10 Å². The Morgan fingerprint density at radius 3 is 2.36 bits per heavy atom. The summed E-state index contributed by atoms with van der Waals surface area (Å²) in [6, 6.07) is 20.9. The molecular weight excluding hydrogens is 354 g/mol. The number of hydrogen-bond acceptors (Lipinski definition) is 4. The largest absolute Gasteiger partial charge is 0.497 e. The van der Waals surface area contributed by atoms with Gasteiger partial charge in [0.2, 0.25) is 0 Å². The third kappa shape index (κ3) is 4.94. The molecule has 0 spiro atoms. The monoisotopic (exact) mass is 379 g/mol. The number of carbonyl (C=O) groups excluding carboxylic acids is 1. The van der Waals surface area contributed by atoms with Crippen molar-refractivity contribution in [3.8, 4) is 17.2 Å². The van der Waals surface area contributed by atoms with Gasteiger partial charge in [0.25, 0.3) is 5.91 Å². The van der Waals surface area contributed by atoms with E-state index in [4.69, 9.17) is 14.2 Å². The molecule has 5 heteroatoms. The number of ether oxygens (including phenoxy) is 3. The summed E-state index contributed by atoms with van der Waals surface area (Å²) in [4.78, 5) is 12.5. The van der Waals surface area contributed by atoms with Crippen LogP contribution in [0.3, 0.4) is 0 Å². The number of amides is 1. The zero-order valence-corrected chi connectivity index (χ0v) is 16.3. The molecule has 0 heterocycles. The van der Waals surface area contributed by atoms with Crippen LogP contribution in [0.4, 0.5) is 0 Å². The van der Waals surface area contributed by atoms with Crippen LogP contribution in [-0.2, 0) is 4.79 Å². The molecule has 1 amide bonds. The van der Waals surface area contributed by atoms with Crippen molar-refractivity contribution in [2.75, 3.05) is 13.7 Å². The minimum absolute atomic E-state index is 0.159. The molecule has 146 valence electrons. The number of hydrogen-bond donors (Lipinski definition) is 1. The summed E-state index contributed by atoms with van der Waals surface area (Å²) in [5.74, 6) is 2.01. The Hall–Kier alpha value is -3.21. The van der Waals surface area contributed by atoms with E-state index in [1.54, 1.807) is 14.0 Å². The van der Waals surface area contributed by atoms with Crippen LogP contribution in [0.25, 0.3) is 10.8 Å². The third-order valence-corrected chi connectivity index (χ3v) is 4.37. The van der Waals surface area contributed by atoms with E-state index in [0.29, 0.717) is 12.4 Å². The van der Waals surface area contributed by atoms with Crippen LogP contribution in [0, 0.1) is 0 Å². The normalized spacial score (nSPS) is 12.8. The molecule has 0 unspecified atom stereocenters. The first-order valence-corrected chi connectivity index (χ1v) is 9.28. The summed E-state index contributed by atoms with van der Waals surface area (Å²) in [7, 11) is 1.62. The maximum Gasteiger partial charge on any atom is 0.261 e. The zero-order valence-electron chi connectivity index (χ0n) is 16.3. The van der Waals surface area contributed by atoms with Gasteiger partial charge < -0.3 is 19.5 Å². The van der Waals surface area contributed by atoms with E-state index in [9.17, 15) is 4.79 Å². The summed E-state index contributed by atoms with van der Waals surface area (Å²) in [6.07, 6.45) is -0.616. The van der Waals surface area contributed by atoms with Crippen molar-refractivity contribution in [2.45, 2.75) is 26.0 Å². The first kappa shape index (κ1) is 19.5. The topological polar surface area (TPSA) is 56.8 Å². The van der Waals surface area contributed by atoms with Gasteiger partial charge in [-0.15, -0.1) is 0 Å². The predicted molar refractivity (Wildman–Crippen MR) is 110 cm³/mol. The molecule has 0 fully saturated rings. The Morgan fingerprint density at radius 2 is 1.61 bits per heavy atom. The highest BCUT2D eigenvalue weighted by Crippen LogP contribution is 2.26. The highest BCUT2D eigenvalue weighted by Gasteiger charge is 2.18. The molecule has 1 N–H and O–H groups in total. The SMILES string of the molecule is COc1ccc(OC[C@@H](C)NC(=O)[C@H](C)Oc2cccc3ccccc23)cc1. The second-order valence-electron chi connectivity index (χ2n) is 6.63. The maximum absolute atomic E-state index is 12.5. The first-order valence-electron chi connectivity index (χ1n) is 9.28. The quantitative estimate of drug-likeness (QED) is 0.637. The van der Waals surface area contributed by atoms with Gasteiger partial charge in [-0.1, -0.05) is 36.4 Å². The fourth-order valence-corrected chi connectivity index (χ4v) is 2.84.